The number of hydrogen-bond acceptors (Lipinski definition) is 6. The second-order valence-electron chi connectivity index (χ2n) is 11.9. The SMILES string of the molecule is C#CC#CC#COc1ccc(C2(c3ccc(CN(C)CCC)c(COC=O)c3)c3cc(C)ccc3-c3ccc(C)cc32)cc1C(=O)OC. The molecular formula is C42H37NO5. The lowest BCUT2D eigenvalue weighted by Crippen LogP contribution is -2.30. The quantitative estimate of drug-likeness (QED) is 0.0890. The summed E-state index contributed by atoms with van der Waals surface area (Å²) in [5.41, 5.74) is 9.72. The van der Waals surface area contributed by atoms with Crippen LogP contribution in [0.5, 0.6) is 5.75 Å². The van der Waals surface area contributed by atoms with E-state index in [-0.39, 0.29) is 17.9 Å². The molecule has 6 nitrogen and oxygen atoms in total. The van der Waals surface area contributed by atoms with Gasteiger partial charge in [0.05, 0.1) is 12.5 Å². The molecular weight excluding hydrogens is 598 g/mol. The number of benzene rings is 4. The van der Waals surface area contributed by atoms with Gasteiger partial charge in [0, 0.05) is 18.4 Å². The molecule has 0 N–H and O–H groups in total. The molecule has 0 heterocycles. The summed E-state index contributed by atoms with van der Waals surface area (Å²) in [6.07, 6.45) is 8.72. The van der Waals surface area contributed by atoms with Gasteiger partial charge in [0.15, 0.2) is 5.75 Å². The number of esters is 1. The molecule has 4 aromatic carbocycles. The molecule has 0 saturated heterocycles. The van der Waals surface area contributed by atoms with Gasteiger partial charge in [-0.25, -0.2) is 4.79 Å². The van der Waals surface area contributed by atoms with E-state index < -0.39 is 11.4 Å². The third-order valence-electron chi connectivity index (χ3n) is 8.67. The van der Waals surface area contributed by atoms with Gasteiger partial charge in [-0.05, 0) is 102 Å². The van der Waals surface area contributed by atoms with Crippen LogP contribution < -0.4 is 4.74 Å². The molecule has 0 amide bonds. The molecule has 0 atom stereocenters. The Morgan fingerprint density at radius 1 is 0.875 bits per heavy atom. The van der Waals surface area contributed by atoms with E-state index in [2.05, 4.69) is 117 Å². The van der Waals surface area contributed by atoms with Crippen LogP contribution in [0.1, 0.15) is 68.2 Å². The normalized spacial score (nSPS) is 11.9. The van der Waals surface area contributed by atoms with Crippen LogP contribution in [0, 0.1) is 50.1 Å². The van der Waals surface area contributed by atoms with Crippen molar-refractivity contribution in [2.75, 3.05) is 20.7 Å². The Kier molecular flexibility index (Phi) is 10.4. The third-order valence-corrected chi connectivity index (χ3v) is 8.67. The summed E-state index contributed by atoms with van der Waals surface area (Å²) in [7, 11) is 3.42. The van der Waals surface area contributed by atoms with E-state index in [4.69, 9.17) is 20.6 Å². The first-order chi connectivity index (χ1) is 23.3. The highest BCUT2D eigenvalue weighted by Gasteiger charge is 2.47. The lowest BCUT2D eigenvalue weighted by atomic mass is 9.66. The van der Waals surface area contributed by atoms with E-state index in [1.165, 1.54) is 7.11 Å². The Labute approximate surface area is 283 Å². The molecule has 5 rings (SSSR count). The van der Waals surface area contributed by atoms with E-state index in [1.807, 2.05) is 12.1 Å². The lowest BCUT2D eigenvalue weighted by Gasteiger charge is -2.35. The predicted octanol–water partition coefficient (Wildman–Crippen LogP) is 6.94. The van der Waals surface area contributed by atoms with Crippen LogP contribution in [0.4, 0.5) is 0 Å². The smallest absolute Gasteiger partial charge is 0.341 e. The summed E-state index contributed by atoms with van der Waals surface area (Å²) in [5.74, 6) is 9.33. The molecule has 1 aliphatic rings. The van der Waals surface area contributed by atoms with Crippen LogP contribution in [0.25, 0.3) is 11.1 Å². The third kappa shape index (κ3) is 6.43. The molecule has 0 spiro atoms. The summed E-state index contributed by atoms with van der Waals surface area (Å²) in [6.45, 7) is 8.56. The second kappa shape index (κ2) is 14.8. The predicted molar refractivity (Wildman–Crippen MR) is 187 cm³/mol. The number of hydrogen-bond donors (Lipinski definition) is 0. The molecule has 48 heavy (non-hydrogen) atoms. The van der Waals surface area contributed by atoms with Gasteiger partial charge in [0.1, 0.15) is 18.3 Å². The maximum absolute atomic E-state index is 13.3. The largest absolute Gasteiger partial charge is 0.465 e. The van der Waals surface area contributed by atoms with Crippen molar-refractivity contribution in [3.63, 3.8) is 0 Å². The number of methoxy groups -OCH3 is 1. The van der Waals surface area contributed by atoms with Crippen LogP contribution in [0.3, 0.4) is 0 Å². The summed E-state index contributed by atoms with van der Waals surface area (Å²) in [6, 6.07) is 24.9. The van der Waals surface area contributed by atoms with E-state index in [9.17, 15) is 9.59 Å². The minimum absolute atomic E-state index is 0.130. The first kappa shape index (κ1) is 33.6. The molecule has 0 unspecified atom stereocenters. The number of terminal acetylenes is 1. The van der Waals surface area contributed by atoms with Gasteiger partial charge in [-0.2, -0.15) is 0 Å². The number of fused-ring (bicyclic) bond motifs is 3. The Morgan fingerprint density at radius 3 is 2.17 bits per heavy atom. The number of rotatable bonds is 11. The number of carbonyl (C=O) groups is 2. The Morgan fingerprint density at radius 2 is 1.54 bits per heavy atom. The van der Waals surface area contributed by atoms with Gasteiger partial charge in [-0.1, -0.05) is 78.7 Å². The van der Waals surface area contributed by atoms with Gasteiger partial charge in [0.2, 0.25) is 0 Å². The Balaban J connectivity index is 1.84. The molecule has 0 fully saturated rings. The van der Waals surface area contributed by atoms with Crippen molar-refractivity contribution in [2.24, 2.45) is 0 Å². The first-order valence-corrected chi connectivity index (χ1v) is 15.7. The van der Waals surface area contributed by atoms with Crippen LogP contribution in [-0.4, -0.2) is 38.0 Å². The topological polar surface area (TPSA) is 65.1 Å². The Hall–Kier alpha value is -5.74. The molecule has 6 heteroatoms. The summed E-state index contributed by atoms with van der Waals surface area (Å²) in [4.78, 5) is 27.0. The number of ether oxygens (including phenoxy) is 3. The van der Waals surface area contributed by atoms with Crippen LogP contribution >= 0.6 is 0 Å². The minimum Gasteiger partial charge on any atom is -0.465 e. The van der Waals surface area contributed by atoms with Crippen molar-refractivity contribution in [3.05, 3.63) is 123 Å². The minimum atomic E-state index is -0.849. The van der Waals surface area contributed by atoms with E-state index in [1.54, 1.807) is 6.07 Å². The summed E-state index contributed by atoms with van der Waals surface area (Å²) < 4.78 is 16.3. The van der Waals surface area contributed by atoms with E-state index in [0.29, 0.717) is 13.0 Å². The average molecular weight is 636 g/mol. The zero-order chi connectivity index (χ0) is 34.3. The molecule has 0 aromatic heterocycles. The molecule has 0 radical (unpaired) electrons. The van der Waals surface area contributed by atoms with E-state index in [0.717, 1.165) is 68.6 Å². The van der Waals surface area contributed by atoms with Crippen LogP contribution in [0.2, 0.25) is 0 Å². The standard InChI is InChI=1S/C42H37NO5/c1-7-9-10-11-21-48-40-19-16-34(25-37(40)41(45)46-6)42(33-15-14-31(26-43(5)20-8-2)32(24-33)27-47-28-44)38-22-29(3)12-17-35(38)36-18-13-30(4)23-39(36)42/h1,12-19,22-25,28H,8,20,26-27H2,2-6H3. The van der Waals surface area contributed by atoms with E-state index >= 15 is 0 Å². The van der Waals surface area contributed by atoms with Gasteiger partial charge in [0.25, 0.3) is 6.47 Å². The van der Waals surface area contributed by atoms with Crippen molar-refractivity contribution in [1.82, 2.24) is 4.90 Å². The van der Waals surface area contributed by atoms with Crippen molar-refractivity contribution in [1.29, 1.82) is 0 Å². The molecule has 0 saturated carbocycles. The maximum Gasteiger partial charge on any atom is 0.341 e. The monoisotopic (exact) mass is 635 g/mol. The second-order valence-corrected chi connectivity index (χ2v) is 11.9. The van der Waals surface area contributed by atoms with Crippen molar-refractivity contribution in [3.8, 4) is 53.1 Å². The molecule has 0 aliphatic heterocycles. The summed E-state index contributed by atoms with van der Waals surface area (Å²) in [5, 5.41) is 0. The zero-order valence-corrected chi connectivity index (χ0v) is 27.9. The molecule has 0 bridgehead atoms. The van der Waals surface area contributed by atoms with Gasteiger partial charge < -0.3 is 19.1 Å². The van der Waals surface area contributed by atoms with Crippen LogP contribution in [-0.2, 0) is 32.8 Å². The highest BCUT2D eigenvalue weighted by molar-refractivity contribution is 5.94. The molecule has 240 valence electrons. The highest BCUT2D eigenvalue weighted by Crippen LogP contribution is 2.57. The van der Waals surface area contributed by atoms with Gasteiger partial charge in [-0.15, -0.1) is 6.42 Å². The Bertz CT molecular complexity index is 1990. The molecule has 1 aliphatic carbocycles. The maximum atomic E-state index is 13.3. The highest BCUT2D eigenvalue weighted by atomic mass is 16.5. The number of aryl methyl sites for hydroxylation is 2. The number of nitrogens with zero attached hydrogens (tertiary/aromatic N) is 1. The van der Waals surface area contributed by atoms with Crippen molar-refractivity contribution < 1.29 is 23.8 Å². The van der Waals surface area contributed by atoms with Gasteiger partial charge in [-0.3, -0.25) is 4.79 Å². The fraction of sp³-hybridized carbons (Fsp3) is 0.238. The number of carbonyl (C=O) groups excluding carboxylic acids is 2. The fourth-order valence-corrected chi connectivity index (χ4v) is 6.66. The van der Waals surface area contributed by atoms with Crippen LogP contribution in [0.15, 0.2) is 72.8 Å². The fourth-order valence-electron chi connectivity index (χ4n) is 6.66. The first-order valence-electron chi connectivity index (χ1n) is 15.7. The summed E-state index contributed by atoms with van der Waals surface area (Å²) >= 11 is 0. The zero-order valence-electron chi connectivity index (χ0n) is 27.9. The van der Waals surface area contributed by atoms with Gasteiger partial charge >= 0.3 is 5.97 Å². The lowest BCUT2D eigenvalue weighted by molar-refractivity contribution is -0.129. The van der Waals surface area contributed by atoms with Crippen molar-refractivity contribution >= 4 is 12.4 Å². The average Bonchev–Trinajstić information content (AvgIpc) is 3.36. The van der Waals surface area contributed by atoms with Crippen molar-refractivity contribution in [2.45, 2.75) is 45.8 Å². The molecule has 4 aromatic rings.